The molecule has 0 bridgehead atoms. The number of hydrazone groups is 1. The molecule has 3 aromatic rings. The van der Waals surface area contributed by atoms with Gasteiger partial charge in [0.25, 0.3) is 0 Å². The number of nitrogens with zero attached hydrogens (tertiary/aromatic N) is 3. The molecule has 0 spiro atoms. The minimum atomic E-state index is -0.558. The number of nitrogens with one attached hydrogen (secondary N) is 2. The minimum Gasteiger partial charge on any atom is -0.493 e. The lowest BCUT2D eigenvalue weighted by Gasteiger charge is -2.12. The summed E-state index contributed by atoms with van der Waals surface area (Å²) >= 11 is 6.14. The van der Waals surface area contributed by atoms with E-state index in [9.17, 15) is 4.79 Å². The molecule has 0 fully saturated rings. The molecule has 3 rings (SSSR count). The first-order chi connectivity index (χ1) is 13.2. The Morgan fingerprint density at radius 2 is 2.11 bits per heavy atom. The molecule has 1 heterocycles. The third kappa shape index (κ3) is 5.05. The highest BCUT2D eigenvalue weighted by Gasteiger charge is 2.07. The van der Waals surface area contributed by atoms with Crippen molar-refractivity contribution in [1.82, 2.24) is 15.2 Å². The molecule has 0 saturated heterocycles. The molecule has 1 aromatic heterocycles. The molecule has 9 heteroatoms. The van der Waals surface area contributed by atoms with E-state index >= 15 is 0 Å². The number of halogens is 1. The van der Waals surface area contributed by atoms with Crippen LogP contribution in [-0.2, 0) is 6.61 Å². The van der Waals surface area contributed by atoms with Gasteiger partial charge in [-0.1, -0.05) is 29.8 Å². The number of methoxy groups -OCH3 is 1. The molecular weight excluding hydrogens is 370 g/mol. The summed E-state index contributed by atoms with van der Waals surface area (Å²) in [6.07, 6.45) is 2.91. The lowest BCUT2D eigenvalue weighted by Crippen LogP contribution is -2.13. The zero-order valence-electron chi connectivity index (χ0n) is 14.3. The lowest BCUT2D eigenvalue weighted by atomic mass is 10.2. The van der Waals surface area contributed by atoms with Gasteiger partial charge in [0, 0.05) is 10.6 Å². The Labute approximate surface area is 159 Å². The maximum Gasteiger partial charge on any atom is 0.363 e. The van der Waals surface area contributed by atoms with Gasteiger partial charge in [-0.25, -0.2) is 9.89 Å². The Kier molecular flexibility index (Phi) is 6.01. The zero-order chi connectivity index (χ0) is 19.1. The van der Waals surface area contributed by atoms with E-state index in [4.69, 9.17) is 21.1 Å². The van der Waals surface area contributed by atoms with Crippen LogP contribution in [0.15, 0.2) is 58.6 Å². The monoisotopic (exact) mass is 385 g/mol. The van der Waals surface area contributed by atoms with Crippen molar-refractivity contribution in [3.05, 3.63) is 75.3 Å². The molecule has 27 heavy (non-hydrogen) atoms. The first-order valence-electron chi connectivity index (χ1n) is 7.91. The molecule has 8 nitrogen and oxygen atoms in total. The van der Waals surface area contributed by atoms with Gasteiger partial charge in [-0.15, -0.1) is 0 Å². The molecule has 0 atom stereocenters. The van der Waals surface area contributed by atoms with Crippen LogP contribution in [0.4, 0.5) is 5.82 Å². The number of ether oxygens (including phenoxy) is 2. The van der Waals surface area contributed by atoms with E-state index < -0.39 is 5.69 Å². The SMILES string of the molecule is COc1cc(/C=N/Nc2cn[nH]c(=O)n2)ccc1OCc1ccccc1Cl. The normalized spacial score (nSPS) is 10.7. The number of hydrogen-bond acceptors (Lipinski definition) is 7. The molecule has 0 unspecified atom stereocenters. The summed E-state index contributed by atoms with van der Waals surface area (Å²) in [5.41, 5.74) is 3.72. The van der Waals surface area contributed by atoms with Crippen LogP contribution in [0.25, 0.3) is 0 Å². The van der Waals surface area contributed by atoms with Crippen LogP contribution in [0.3, 0.4) is 0 Å². The Morgan fingerprint density at radius 1 is 1.26 bits per heavy atom. The van der Waals surface area contributed by atoms with E-state index in [1.54, 1.807) is 25.5 Å². The Balaban J connectivity index is 1.67. The fourth-order valence-electron chi connectivity index (χ4n) is 2.19. The van der Waals surface area contributed by atoms with E-state index in [2.05, 4.69) is 25.7 Å². The molecule has 138 valence electrons. The zero-order valence-corrected chi connectivity index (χ0v) is 15.1. The highest BCUT2D eigenvalue weighted by Crippen LogP contribution is 2.29. The molecule has 2 N–H and O–H groups in total. The largest absolute Gasteiger partial charge is 0.493 e. The van der Waals surface area contributed by atoms with Crippen molar-refractivity contribution in [2.24, 2.45) is 5.10 Å². The average Bonchev–Trinajstić information content (AvgIpc) is 2.68. The number of aromatic amines is 1. The maximum atomic E-state index is 11.1. The van der Waals surface area contributed by atoms with Crippen LogP contribution < -0.4 is 20.6 Å². The number of hydrogen-bond donors (Lipinski definition) is 2. The second kappa shape index (κ2) is 8.81. The number of aromatic nitrogens is 3. The molecular formula is C18H16ClN5O3. The molecule has 0 aliphatic carbocycles. The van der Waals surface area contributed by atoms with Crippen molar-refractivity contribution in [3.63, 3.8) is 0 Å². The van der Waals surface area contributed by atoms with E-state index in [0.29, 0.717) is 23.1 Å². The van der Waals surface area contributed by atoms with Crippen LogP contribution in [0.2, 0.25) is 5.02 Å². The van der Waals surface area contributed by atoms with Crippen LogP contribution in [0.1, 0.15) is 11.1 Å². The van der Waals surface area contributed by atoms with Gasteiger partial charge in [-0.2, -0.15) is 15.2 Å². The van der Waals surface area contributed by atoms with Crippen LogP contribution >= 0.6 is 11.6 Å². The number of benzene rings is 2. The number of H-pyrrole nitrogens is 1. The predicted octanol–water partition coefficient (Wildman–Crippen LogP) is 2.85. The van der Waals surface area contributed by atoms with Crippen molar-refractivity contribution in [1.29, 1.82) is 0 Å². The standard InChI is InChI=1S/C18H16ClN5O3/c1-26-16-8-12(9-20-23-17-10-21-24-18(25)22-17)6-7-15(16)27-11-13-4-2-3-5-14(13)19/h2-10H,11H2,1H3,(H2,22,23,24,25)/b20-9+. The van der Waals surface area contributed by atoms with Crippen LogP contribution in [-0.4, -0.2) is 28.5 Å². The molecule has 0 amide bonds. The van der Waals surface area contributed by atoms with Gasteiger partial charge in [0.15, 0.2) is 17.3 Å². The quantitative estimate of drug-likeness (QED) is 0.479. The van der Waals surface area contributed by atoms with Gasteiger partial charge in [0.2, 0.25) is 0 Å². The summed E-state index contributed by atoms with van der Waals surface area (Å²) < 4.78 is 11.2. The molecule has 2 aromatic carbocycles. The predicted molar refractivity (Wildman–Crippen MR) is 103 cm³/mol. The molecule has 0 radical (unpaired) electrons. The molecule has 0 saturated carbocycles. The lowest BCUT2D eigenvalue weighted by molar-refractivity contribution is 0.284. The third-order valence-electron chi connectivity index (χ3n) is 3.49. The van der Waals surface area contributed by atoms with Crippen molar-refractivity contribution in [3.8, 4) is 11.5 Å². The smallest absolute Gasteiger partial charge is 0.363 e. The van der Waals surface area contributed by atoms with Gasteiger partial charge in [0.1, 0.15) is 6.61 Å². The average molecular weight is 386 g/mol. The van der Waals surface area contributed by atoms with Crippen LogP contribution in [0, 0.1) is 0 Å². The summed E-state index contributed by atoms with van der Waals surface area (Å²) in [7, 11) is 1.56. The van der Waals surface area contributed by atoms with Crippen molar-refractivity contribution < 1.29 is 9.47 Å². The maximum absolute atomic E-state index is 11.1. The fourth-order valence-corrected chi connectivity index (χ4v) is 2.38. The molecule has 0 aliphatic heterocycles. The van der Waals surface area contributed by atoms with Crippen LogP contribution in [0.5, 0.6) is 11.5 Å². The fraction of sp³-hybridized carbons (Fsp3) is 0.111. The summed E-state index contributed by atoms with van der Waals surface area (Å²) in [5.74, 6) is 1.38. The summed E-state index contributed by atoms with van der Waals surface area (Å²) in [5, 5.41) is 10.5. The Morgan fingerprint density at radius 3 is 2.89 bits per heavy atom. The van der Waals surface area contributed by atoms with E-state index in [0.717, 1.165) is 11.1 Å². The van der Waals surface area contributed by atoms with Crippen molar-refractivity contribution in [2.45, 2.75) is 6.61 Å². The van der Waals surface area contributed by atoms with Crippen molar-refractivity contribution in [2.75, 3.05) is 12.5 Å². The Hall–Kier alpha value is -3.39. The number of anilines is 1. The van der Waals surface area contributed by atoms with Gasteiger partial charge in [0.05, 0.1) is 19.5 Å². The number of rotatable bonds is 7. The van der Waals surface area contributed by atoms with Gasteiger partial charge < -0.3 is 9.47 Å². The van der Waals surface area contributed by atoms with E-state index in [1.807, 2.05) is 30.3 Å². The van der Waals surface area contributed by atoms with Crippen molar-refractivity contribution >= 4 is 23.6 Å². The highest BCUT2D eigenvalue weighted by molar-refractivity contribution is 6.31. The topological polar surface area (TPSA) is 101 Å². The Bertz CT molecular complexity index is 1010. The molecule has 0 aliphatic rings. The summed E-state index contributed by atoms with van der Waals surface area (Å²) in [6.45, 7) is 0.326. The minimum absolute atomic E-state index is 0.238. The summed E-state index contributed by atoms with van der Waals surface area (Å²) in [6, 6.07) is 12.9. The van der Waals surface area contributed by atoms with E-state index in [1.165, 1.54) is 6.20 Å². The van der Waals surface area contributed by atoms with Gasteiger partial charge in [-0.05, 0) is 29.8 Å². The highest BCUT2D eigenvalue weighted by atomic mass is 35.5. The second-order valence-corrected chi connectivity index (χ2v) is 5.74. The second-order valence-electron chi connectivity index (χ2n) is 5.33. The van der Waals surface area contributed by atoms with Gasteiger partial charge >= 0.3 is 5.69 Å². The first kappa shape index (κ1) is 18.4. The van der Waals surface area contributed by atoms with Gasteiger partial charge in [-0.3, -0.25) is 5.43 Å². The van der Waals surface area contributed by atoms with E-state index in [-0.39, 0.29) is 5.82 Å². The first-order valence-corrected chi connectivity index (χ1v) is 8.28. The third-order valence-corrected chi connectivity index (χ3v) is 3.86. The summed E-state index contributed by atoms with van der Waals surface area (Å²) in [4.78, 5) is 14.7.